The van der Waals surface area contributed by atoms with Crippen molar-refractivity contribution in [3.63, 3.8) is 0 Å². The van der Waals surface area contributed by atoms with Crippen molar-refractivity contribution < 1.29 is 17.6 Å². The van der Waals surface area contributed by atoms with Gasteiger partial charge in [-0.1, -0.05) is 6.07 Å². The molecule has 26 heavy (non-hydrogen) atoms. The second-order valence-electron chi connectivity index (χ2n) is 5.40. The predicted molar refractivity (Wildman–Crippen MR) is 87.0 cm³/mol. The Morgan fingerprint density at radius 3 is 2.46 bits per heavy atom. The second-order valence-corrected chi connectivity index (χ2v) is 5.40. The van der Waals surface area contributed by atoms with Crippen LogP contribution in [0.3, 0.4) is 0 Å². The number of nitrogens with two attached hydrogens (primary N) is 1. The van der Waals surface area contributed by atoms with Crippen LogP contribution in [0.15, 0.2) is 48.8 Å². The first-order chi connectivity index (χ1) is 12.3. The van der Waals surface area contributed by atoms with Gasteiger partial charge in [-0.25, -0.2) is 9.37 Å². The van der Waals surface area contributed by atoms with Crippen molar-refractivity contribution in [3.8, 4) is 28.5 Å². The van der Waals surface area contributed by atoms with Gasteiger partial charge in [0.15, 0.2) is 0 Å². The molecule has 0 radical (unpaired) electrons. The van der Waals surface area contributed by atoms with Crippen molar-refractivity contribution >= 4 is 5.82 Å². The van der Waals surface area contributed by atoms with E-state index in [2.05, 4.69) is 9.97 Å². The third-order valence-electron chi connectivity index (χ3n) is 3.65. The van der Waals surface area contributed by atoms with E-state index >= 15 is 0 Å². The lowest BCUT2D eigenvalue weighted by Gasteiger charge is -2.12. The summed E-state index contributed by atoms with van der Waals surface area (Å²) in [6.45, 7) is 0. The fourth-order valence-corrected chi connectivity index (χ4v) is 2.48. The maximum Gasteiger partial charge on any atom is 0.416 e. The molecule has 130 valence electrons. The maximum atomic E-state index is 13.7. The molecule has 2 aromatic heterocycles. The maximum absolute atomic E-state index is 13.7. The second kappa shape index (κ2) is 6.44. The summed E-state index contributed by atoms with van der Waals surface area (Å²) in [6, 6.07) is 8.72. The Morgan fingerprint density at radius 2 is 1.85 bits per heavy atom. The molecule has 0 unspecified atom stereocenters. The quantitative estimate of drug-likeness (QED) is 0.688. The summed E-state index contributed by atoms with van der Waals surface area (Å²) in [7, 11) is 0. The molecule has 0 saturated carbocycles. The van der Waals surface area contributed by atoms with Gasteiger partial charge in [-0.2, -0.15) is 18.4 Å². The van der Waals surface area contributed by atoms with Crippen LogP contribution in [0.1, 0.15) is 11.1 Å². The third kappa shape index (κ3) is 3.32. The van der Waals surface area contributed by atoms with Crippen LogP contribution in [0.4, 0.5) is 23.4 Å². The van der Waals surface area contributed by atoms with E-state index in [9.17, 15) is 22.8 Å². The van der Waals surface area contributed by atoms with Gasteiger partial charge in [0, 0.05) is 29.1 Å². The number of alkyl halides is 3. The predicted octanol–water partition coefficient (Wildman–Crippen LogP) is 4.42. The Bertz CT molecular complexity index is 1010. The number of anilines is 1. The molecule has 0 aliphatic rings. The summed E-state index contributed by atoms with van der Waals surface area (Å²) in [5.41, 5.74) is 5.53. The summed E-state index contributed by atoms with van der Waals surface area (Å²) in [5.74, 6) is -1.22. The Hall–Kier alpha value is -3.47. The molecule has 2 N–H and O–H groups in total. The van der Waals surface area contributed by atoms with Gasteiger partial charge in [-0.3, -0.25) is 4.98 Å². The summed E-state index contributed by atoms with van der Waals surface area (Å²) < 4.78 is 52.5. The van der Waals surface area contributed by atoms with Crippen molar-refractivity contribution in [3.05, 3.63) is 65.7 Å². The third-order valence-corrected chi connectivity index (χ3v) is 3.65. The van der Waals surface area contributed by atoms with Gasteiger partial charge in [-0.15, -0.1) is 0 Å². The smallest absolute Gasteiger partial charge is 0.383 e. The van der Waals surface area contributed by atoms with Crippen LogP contribution in [0, 0.1) is 17.1 Å². The molecule has 0 aliphatic heterocycles. The number of hydrogen-bond donors (Lipinski definition) is 1. The lowest BCUT2D eigenvalue weighted by molar-refractivity contribution is -0.137. The molecule has 8 heteroatoms. The lowest BCUT2D eigenvalue weighted by atomic mass is 9.99. The molecule has 3 rings (SSSR count). The topological polar surface area (TPSA) is 75.6 Å². The summed E-state index contributed by atoms with van der Waals surface area (Å²) in [4.78, 5) is 7.92. The van der Waals surface area contributed by atoms with Crippen LogP contribution in [0.2, 0.25) is 0 Å². The number of benzene rings is 1. The van der Waals surface area contributed by atoms with Crippen molar-refractivity contribution in [2.75, 3.05) is 5.73 Å². The van der Waals surface area contributed by atoms with Gasteiger partial charge in [0.1, 0.15) is 23.3 Å². The van der Waals surface area contributed by atoms with E-state index in [-0.39, 0.29) is 22.6 Å². The van der Waals surface area contributed by atoms with Crippen molar-refractivity contribution in [2.24, 2.45) is 0 Å². The standard InChI is InChI=1S/C18H10F4N4/c19-13-5-11(4-12(6-13)18(20,21)22)16-7-14(10-2-1-3-25-9-10)15(8-23)17(24)26-16/h1-7,9H,(H2,24,26). The minimum Gasteiger partial charge on any atom is -0.383 e. The van der Waals surface area contributed by atoms with E-state index in [0.717, 1.165) is 12.1 Å². The molecule has 1 aromatic carbocycles. The Kier molecular flexibility index (Phi) is 4.30. The molecule has 0 bridgehead atoms. The Labute approximate surface area is 145 Å². The van der Waals surface area contributed by atoms with Gasteiger partial charge in [0.2, 0.25) is 0 Å². The van der Waals surface area contributed by atoms with Gasteiger partial charge >= 0.3 is 6.18 Å². The number of nitriles is 1. The van der Waals surface area contributed by atoms with Crippen LogP contribution in [-0.4, -0.2) is 9.97 Å². The zero-order chi connectivity index (χ0) is 18.9. The average molecular weight is 358 g/mol. The van der Waals surface area contributed by atoms with Crippen LogP contribution in [0.5, 0.6) is 0 Å². The number of hydrogen-bond acceptors (Lipinski definition) is 4. The van der Waals surface area contributed by atoms with Crippen molar-refractivity contribution in [1.29, 1.82) is 5.26 Å². The van der Waals surface area contributed by atoms with Gasteiger partial charge < -0.3 is 5.73 Å². The van der Waals surface area contributed by atoms with E-state index in [0.29, 0.717) is 17.2 Å². The number of rotatable bonds is 2. The minimum atomic E-state index is -4.71. The highest BCUT2D eigenvalue weighted by Gasteiger charge is 2.31. The summed E-state index contributed by atoms with van der Waals surface area (Å²) in [5, 5.41) is 9.32. The molecular weight excluding hydrogens is 348 g/mol. The molecule has 0 fully saturated rings. The van der Waals surface area contributed by atoms with Gasteiger partial charge in [-0.05, 0) is 30.3 Å². The first-order valence-corrected chi connectivity index (χ1v) is 7.29. The largest absolute Gasteiger partial charge is 0.416 e. The van der Waals surface area contributed by atoms with Crippen LogP contribution in [-0.2, 0) is 6.18 Å². The van der Waals surface area contributed by atoms with Crippen molar-refractivity contribution in [2.45, 2.75) is 6.18 Å². The number of pyridine rings is 2. The van der Waals surface area contributed by atoms with E-state index < -0.39 is 17.6 Å². The van der Waals surface area contributed by atoms with Crippen molar-refractivity contribution in [1.82, 2.24) is 9.97 Å². The normalized spacial score (nSPS) is 11.2. The number of halogens is 4. The van der Waals surface area contributed by atoms with E-state index in [1.54, 1.807) is 12.1 Å². The fourth-order valence-electron chi connectivity index (χ4n) is 2.48. The Morgan fingerprint density at radius 1 is 1.08 bits per heavy atom. The summed E-state index contributed by atoms with van der Waals surface area (Å²) in [6.07, 6.45) is -1.70. The van der Waals surface area contributed by atoms with Crippen LogP contribution >= 0.6 is 0 Å². The number of nitrogen functional groups attached to an aromatic ring is 1. The molecule has 0 saturated heterocycles. The minimum absolute atomic E-state index is 0.0188. The highest BCUT2D eigenvalue weighted by molar-refractivity contribution is 5.79. The first kappa shape index (κ1) is 17.4. The van der Waals surface area contributed by atoms with Crippen LogP contribution in [0.25, 0.3) is 22.4 Å². The fraction of sp³-hybridized carbons (Fsp3) is 0.0556. The molecule has 0 spiro atoms. The molecule has 0 amide bonds. The average Bonchev–Trinajstić information content (AvgIpc) is 2.60. The molecule has 4 nitrogen and oxygen atoms in total. The first-order valence-electron chi connectivity index (χ1n) is 7.29. The zero-order valence-electron chi connectivity index (χ0n) is 13.0. The highest BCUT2D eigenvalue weighted by Crippen LogP contribution is 2.35. The highest BCUT2D eigenvalue weighted by atomic mass is 19.4. The lowest BCUT2D eigenvalue weighted by Crippen LogP contribution is -2.06. The van der Waals surface area contributed by atoms with Crippen LogP contribution < -0.4 is 5.73 Å². The van der Waals surface area contributed by atoms with E-state index in [1.807, 2.05) is 6.07 Å². The number of nitrogens with zero attached hydrogens (tertiary/aromatic N) is 3. The van der Waals surface area contributed by atoms with Gasteiger partial charge in [0.25, 0.3) is 0 Å². The van der Waals surface area contributed by atoms with Gasteiger partial charge in [0.05, 0.1) is 11.3 Å². The summed E-state index contributed by atoms with van der Waals surface area (Å²) >= 11 is 0. The monoisotopic (exact) mass is 358 g/mol. The number of aromatic nitrogens is 2. The SMILES string of the molecule is N#Cc1c(-c2cccnc2)cc(-c2cc(F)cc(C(F)(F)F)c2)nc1N. The Balaban J connectivity index is 2.24. The van der Waals surface area contributed by atoms with E-state index in [4.69, 9.17) is 5.73 Å². The molecule has 2 heterocycles. The zero-order valence-corrected chi connectivity index (χ0v) is 13.0. The molecule has 0 atom stereocenters. The molecule has 0 aliphatic carbocycles. The molecular formula is C18H10F4N4. The van der Waals surface area contributed by atoms with E-state index in [1.165, 1.54) is 18.5 Å². The molecule has 3 aromatic rings.